The monoisotopic (exact) mass is 356 g/mol. The molecule has 0 atom stereocenters. The molecule has 0 N–H and O–H groups in total. The quantitative estimate of drug-likeness (QED) is 0.488. The van der Waals surface area contributed by atoms with Crippen molar-refractivity contribution in [3.8, 4) is 0 Å². The van der Waals surface area contributed by atoms with Crippen molar-refractivity contribution in [3.05, 3.63) is 81.3 Å². The number of aryl methyl sites for hydroxylation is 1. The topological polar surface area (TPSA) is 0 Å². The summed E-state index contributed by atoms with van der Waals surface area (Å²) in [6.07, 6.45) is 5.56. The number of rotatable bonds is 7. The van der Waals surface area contributed by atoms with E-state index in [1.54, 1.807) is 0 Å². The highest BCUT2D eigenvalue weighted by Crippen LogP contribution is 2.22. The van der Waals surface area contributed by atoms with Gasteiger partial charge in [-0.3, -0.25) is 0 Å². The Morgan fingerprint density at radius 3 is 2.36 bits per heavy atom. The van der Waals surface area contributed by atoms with Crippen molar-refractivity contribution in [1.29, 1.82) is 0 Å². The van der Waals surface area contributed by atoms with Crippen LogP contribution >= 0.6 is 15.9 Å². The van der Waals surface area contributed by atoms with Gasteiger partial charge in [0.05, 0.1) is 0 Å². The summed E-state index contributed by atoms with van der Waals surface area (Å²) >= 11 is 3.61. The highest BCUT2D eigenvalue weighted by atomic mass is 79.9. The molecule has 0 aliphatic heterocycles. The molecule has 1 heteroatoms. The van der Waals surface area contributed by atoms with Gasteiger partial charge in [0.1, 0.15) is 0 Å². The van der Waals surface area contributed by atoms with Crippen LogP contribution in [0.5, 0.6) is 0 Å². The highest BCUT2D eigenvalue weighted by molar-refractivity contribution is 9.10. The molecular formula is C21H25Br. The average molecular weight is 357 g/mol. The Morgan fingerprint density at radius 1 is 1.00 bits per heavy atom. The van der Waals surface area contributed by atoms with Gasteiger partial charge >= 0.3 is 0 Å². The van der Waals surface area contributed by atoms with Crippen LogP contribution < -0.4 is 0 Å². The third kappa shape index (κ3) is 4.84. The zero-order valence-electron chi connectivity index (χ0n) is 13.7. The number of hydrogen-bond acceptors (Lipinski definition) is 0. The zero-order chi connectivity index (χ0) is 15.9. The van der Waals surface area contributed by atoms with Crippen LogP contribution in [0.15, 0.2) is 59.1 Å². The largest absolute Gasteiger partial charge is 0.0999 e. The van der Waals surface area contributed by atoms with Gasteiger partial charge in [0.15, 0.2) is 0 Å². The maximum atomic E-state index is 4.15. The second-order valence-corrected chi connectivity index (χ2v) is 6.87. The Bertz CT molecular complexity index is 623. The van der Waals surface area contributed by atoms with Crippen molar-refractivity contribution < 1.29 is 0 Å². The van der Waals surface area contributed by atoms with Gasteiger partial charge in [-0.1, -0.05) is 77.8 Å². The lowest BCUT2D eigenvalue weighted by Gasteiger charge is -2.09. The van der Waals surface area contributed by atoms with Crippen LogP contribution in [0, 0.1) is 6.92 Å². The van der Waals surface area contributed by atoms with Crippen LogP contribution in [-0.4, -0.2) is 0 Å². The van der Waals surface area contributed by atoms with Gasteiger partial charge < -0.3 is 0 Å². The fraction of sp³-hybridized carbons (Fsp3) is 0.333. The van der Waals surface area contributed by atoms with E-state index in [0.29, 0.717) is 0 Å². The average Bonchev–Trinajstić information content (AvgIpc) is 2.51. The van der Waals surface area contributed by atoms with Gasteiger partial charge in [-0.15, -0.1) is 0 Å². The van der Waals surface area contributed by atoms with Gasteiger partial charge in [0, 0.05) is 4.47 Å². The molecule has 0 radical (unpaired) electrons. The van der Waals surface area contributed by atoms with Crippen LogP contribution in [0.1, 0.15) is 48.4 Å². The maximum Gasteiger partial charge on any atom is 0.0207 e. The van der Waals surface area contributed by atoms with Crippen LogP contribution in [-0.2, 0) is 12.8 Å². The minimum absolute atomic E-state index is 0.994. The summed E-state index contributed by atoms with van der Waals surface area (Å²) in [5.74, 6) is 0. The van der Waals surface area contributed by atoms with E-state index in [2.05, 4.69) is 78.8 Å². The van der Waals surface area contributed by atoms with E-state index < -0.39 is 0 Å². The Balaban J connectivity index is 1.97. The molecule has 0 bridgehead atoms. The van der Waals surface area contributed by atoms with Gasteiger partial charge in [0.25, 0.3) is 0 Å². The predicted octanol–water partition coefficient (Wildman–Crippen LogP) is 6.64. The van der Waals surface area contributed by atoms with Gasteiger partial charge in [-0.2, -0.15) is 0 Å². The molecular weight excluding hydrogens is 332 g/mol. The molecule has 0 amide bonds. The van der Waals surface area contributed by atoms with Crippen LogP contribution in [0.25, 0.3) is 0 Å². The van der Waals surface area contributed by atoms with Crippen molar-refractivity contribution in [2.24, 2.45) is 0 Å². The molecule has 0 aromatic heterocycles. The molecule has 0 saturated heterocycles. The summed E-state index contributed by atoms with van der Waals surface area (Å²) in [6.45, 7) is 8.53. The lowest BCUT2D eigenvalue weighted by Crippen LogP contribution is -1.94. The van der Waals surface area contributed by atoms with E-state index in [9.17, 15) is 0 Å². The van der Waals surface area contributed by atoms with Gasteiger partial charge in [0.2, 0.25) is 0 Å². The molecule has 0 spiro atoms. The summed E-state index contributed by atoms with van der Waals surface area (Å²) in [6, 6.07) is 15.5. The maximum absolute atomic E-state index is 4.15. The number of hydrogen-bond donors (Lipinski definition) is 0. The summed E-state index contributed by atoms with van der Waals surface area (Å²) in [5, 5.41) is 0. The molecule has 2 rings (SSSR count). The first-order valence-corrected chi connectivity index (χ1v) is 8.88. The van der Waals surface area contributed by atoms with Gasteiger partial charge in [-0.05, 0) is 60.9 Å². The van der Waals surface area contributed by atoms with Crippen molar-refractivity contribution in [3.63, 3.8) is 0 Å². The SMILES string of the molecule is C=C(CCC)CCc1ccc(Cc2cccc(Br)c2C)cc1. The number of halogens is 1. The first kappa shape index (κ1) is 17.0. The van der Waals surface area contributed by atoms with Crippen molar-refractivity contribution in [1.82, 2.24) is 0 Å². The summed E-state index contributed by atoms with van der Waals surface area (Å²) in [7, 11) is 0. The lowest BCUT2D eigenvalue weighted by atomic mass is 9.98. The summed E-state index contributed by atoms with van der Waals surface area (Å²) < 4.78 is 1.19. The molecule has 0 fully saturated rings. The van der Waals surface area contributed by atoms with Crippen molar-refractivity contribution in [2.45, 2.75) is 46.0 Å². The van der Waals surface area contributed by atoms with E-state index in [4.69, 9.17) is 0 Å². The van der Waals surface area contributed by atoms with Gasteiger partial charge in [-0.25, -0.2) is 0 Å². The molecule has 22 heavy (non-hydrogen) atoms. The third-order valence-corrected chi connectivity index (χ3v) is 5.03. The minimum atomic E-state index is 0.994. The fourth-order valence-corrected chi connectivity index (χ4v) is 3.09. The molecule has 0 heterocycles. The molecule has 0 unspecified atom stereocenters. The predicted molar refractivity (Wildman–Crippen MR) is 100 cm³/mol. The third-order valence-electron chi connectivity index (χ3n) is 4.17. The normalized spacial score (nSPS) is 10.7. The Kier molecular flexibility index (Phi) is 6.45. The smallest absolute Gasteiger partial charge is 0.0207 e. The highest BCUT2D eigenvalue weighted by Gasteiger charge is 2.03. The molecule has 2 aromatic rings. The first-order chi connectivity index (χ1) is 10.6. The molecule has 0 aliphatic carbocycles. The zero-order valence-corrected chi connectivity index (χ0v) is 15.2. The van der Waals surface area contributed by atoms with E-state index in [-0.39, 0.29) is 0 Å². The second kappa shape index (κ2) is 8.33. The summed E-state index contributed by atoms with van der Waals surface area (Å²) in [5.41, 5.74) is 6.88. The Hall–Kier alpha value is -1.34. The Labute approximate surface area is 143 Å². The Morgan fingerprint density at radius 2 is 1.68 bits per heavy atom. The van der Waals surface area contributed by atoms with Crippen LogP contribution in [0.3, 0.4) is 0 Å². The van der Waals surface area contributed by atoms with Crippen LogP contribution in [0.2, 0.25) is 0 Å². The molecule has 116 valence electrons. The van der Waals surface area contributed by atoms with E-state index in [1.165, 1.54) is 38.7 Å². The van der Waals surface area contributed by atoms with E-state index in [1.807, 2.05) is 0 Å². The van der Waals surface area contributed by atoms with Crippen molar-refractivity contribution >= 4 is 15.9 Å². The standard InChI is InChI=1S/C21H25Br/c1-4-6-16(2)9-10-18-11-13-19(14-12-18)15-20-7-5-8-21(22)17(20)3/h5,7-8,11-14H,2,4,6,9-10,15H2,1,3H3. The first-order valence-electron chi connectivity index (χ1n) is 8.08. The number of benzene rings is 2. The lowest BCUT2D eigenvalue weighted by molar-refractivity contribution is 0.822. The van der Waals surface area contributed by atoms with Crippen LogP contribution in [0.4, 0.5) is 0 Å². The number of allylic oxidation sites excluding steroid dienone is 1. The van der Waals surface area contributed by atoms with Crippen molar-refractivity contribution in [2.75, 3.05) is 0 Å². The minimum Gasteiger partial charge on any atom is -0.0999 e. The van der Waals surface area contributed by atoms with E-state index in [0.717, 1.165) is 25.7 Å². The molecule has 0 saturated carbocycles. The molecule has 2 aromatic carbocycles. The molecule has 0 aliphatic rings. The second-order valence-electron chi connectivity index (χ2n) is 6.02. The van der Waals surface area contributed by atoms with E-state index >= 15 is 0 Å². The molecule has 0 nitrogen and oxygen atoms in total. The fourth-order valence-electron chi connectivity index (χ4n) is 2.69. The summed E-state index contributed by atoms with van der Waals surface area (Å²) in [4.78, 5) is 0.